The summed E-state index contributed by atoms with van der Waals surface area (Å²) in [7, 11) is -2.71. The van der Waals surface area contributed by atoms with Crippen LogP contribution in [0.2, 0.25) is 0 Å². The lowest BCUT2D eigenvalue weighted by molar-refractivity contribution is -0.211. The minimum absolute atomic E-state index is 0.0328. The number of methoxy groups -OCH3 is 1. The van der Waals surface area contributed by atoms with Gasteiger partial charge in [0.15, 0.2) is 15.9 Å². The number of anilines is 1. The Balaban J connectivity index is 1.59. The molecule has 4 rings (SSSR count). The standard InChI is InChI=1S/C28H34F4N2O5S/c1-27(2,3)20-7-5-6-16(10-20)13-34-22-15-40(36,37)14-19(25(22)39-26(34)35)9-17-8-18(24(33)21(29)11-17)12-23(38-4)28(30,31)32/h5-8,10-11,19,22-23,25H,9,12-15,33H2,1-4H3/t19-,22+,23+,25+/m1/s1. The number of carbonyl (C=O) groups is 1. The van der Waals surface area contributed by atoms with E-state index in [1.165, 1.54) is 11.0 Å². The molecule has 2 saturated heterocycles. The number of alkyl halides is 3. The molecule has 2 aromatic rings. The second-order valence-electron chi connectivity index (χ2n) is 11.7. The second kappa shape index (κ2) is 10.8. The van der Waals surface area contributed by atoms with Gasteiger partial charge in [0, 0.05) is 26.0 Å². The first kappa shape index (κ1) is 30.1. The summed E-state index contributed by atoms with van der Waals surface area (Å²) in [6.45, 7) is 6.35. The molecular weight excluding hydrogens is 552 g/mol. The molecule has 0 saturated carbocycles. The number of hydrogen-bond donors (Lipinski definition) is 1. The number of rotatable bonds is 7. The maximum absolute atomic E-state index is 14.7. The highest BCUT2D eigenvalue weighted by molar-refractivity contribution is 7.91. The Hall–Kier alpha value is -2.86. The number of hydrogen-bond acceptors (Lipinski definition) is 6. The van der Waals surface area contributed by atoms with Crippen molar-refractivity contribution in [3.8, 4) is 0 Å². The quantitative estimate of drug-likeness (QED) is 0.370. The van der Waals surface area contributed by atoms with Crippen LogP contribution < -0.4 is 5.73 Å². The van der Waals surface area contributed by atoms with Gasteiger partial charge in [0.25, 0.3) is 0 Å². The van der Waals surface area contributed by atoms with E-state index in [4.69, 9.17) is 10.5 Å². The highest BCUT2D eigenvalue weighted by atomic mass is 32.2. The van der Waals surface area contributed by atoms with Crippen molar-refractivity contribution in [1.82, 2.24) is 4.90 Å². The summed E-state index contributed by atoms with van der Waals surface area (Å²) in [5.74, 6) is -2.22. The molecule has 4 atom stereocenters. The minimum atomic E-state index is -4.69. The number of amides is 1. The zero-order chi connectivity index (χ0) is 29.6. The van der Waals surface area contributed by atoms with Crippen molar-refractivity contribution in [2.24, 2.45) is 5.92 Å². The van der Waals surface area contributed by atoms with Gasteiger partial charge < -0.3 is 15.2 Å². The molecule has 0 aliphatic carbocycles. The SMILES string of the molecule is CO[C@@H](Cc1cc(C[C@@H]2CS(=O)(=O)C[C@H]3[C@H]2OC(=O)N3Cc2cccc(C(C)(C)C)c2)cc(F)c1N)C(F)(F)F. The molecule has 2 aromatic carbocycles. The molecule has 2 N–H and O–H groups in total. The number of sulfone groups is 1. The van der Waals surface area contributed by atoms with E-state index in [1.54, 1.807) is 0 Å². The van der Waals surface area contributed by atoms with Gasteiger partial charge in [0.05, 0.1) is 23.2 Å². The lowest BCUT2D eigenvalue weighted by Gasteiger charge is -2.34. The molecule has 0 spiro atoms. The fourth-order valence-electron chi connectivity index (χ4n) is 5.47. The second-order valence-corrected chi connectivity index (χ2v) is 13.8. The Morgan fingerprint density at radius 3 is 2.45 bits per heavy atom. The summed E-state index contributed by atoms with van der Waals surface area (Å²) in [5.41, 5.74) is 7.23. The van der Waals surface area contributed by atoms with Crippen LogP contribution in [0.4, 0.5) is 28.0 Å². The van der Waals surface area contributed by atoms with Crippen LogP contribution >= 0.6 is 0 Å². The van der Waals surface area contributed by atoms with E-state index in [2.05, 4.69) is 25.5 Å². The average molecular weight is 587 g/mol. The van der Waals surface area contributed by atoms with Gasteiger partial charge in [0.1, 0.15) is 11.9 Å². The van der Waals surface area contributed by atoms with Crippen LogP contribution in [0.25, 0.3) is 0 Å². The summed E-state index contributed by atoms with van der Waals surface area (Å²) in [4.78, 5) is 14.4. The molecule has 0 unspecified atom stereocenters. The monoisotopic (exact) mass is 586 g/mol. The zero-order valence-corrected chi connectivity index (χ0v) is 23.6. The lowest BCUT2D eigenvalue weighted by atomic mass is 9.86. The third-order valence-electron chi connectivity index (χ3n) is 7.58. The Kier molecular flexibility index (Phi) is 8.16. The van der Waals surface area contributed by atoms with Crippen LogP contribution in [0.1, 0.15) is 43.0 Å². The number of fused-ring (bicyclic) bond motifs is 1. The van der Waals surface area contributed by atoms with E-state index in [-0.39, 0.29) is 41.0 Å². The Labute approximate surface area is 231 Å². The Bertz CT molecular complexity index is 1370. The average Bonchev–Trinajstić information content (AvgIpc) is 3.13. The molecule has 2 heterocycles. The molecule has 2 fully saturated rings. The Morgan fingerprint density at radius 1 is 1.12 bits per heavy atom. The van der Waals surface area contributed by atoms with Crippen molar-refractivity contribution < 1.29 is 40.2 Å². The van der Waals surface area contributed by atoms with Gasteiger partial charge in [-0.3, -0.25) is 4.90 Å². The normalized spacial score (nSPS) is 23.6. The number of nitrogens with zero attached hydrogens (tertiary/aromatic N) is 1. The van der Waals surface area contributed by atoms with Crippen LogP contribution in [0.3, 0.4) is 0 Å². The van der Waals surface area contributed by atoms with Gasteiger partial charge in [-0.2, -0.15) is 13.2 Å². The molecule has 220 valence electrons. The molecule has 0 radical (unpaired) electrons. The predicted octanol–water partition coefficient (Wildman–Crippen LogP) is 4.80. The third kappa shape index (κ3) is 6.54. The van der Waals surface area contributed by atoms with E-state index in [9.17, 15) is 30.8 Å². The fourth-order valence-corrected chi connectivity index (χ4v) is 7.45. The van der Waals surface area contributed by atoms with Crippen LogP contribution in [-0.2, 0) is 44.1 Å². The van der Waals surface area contributed by atoms with Gasteiger partial charge in [-0.15, -0.1) is 0 Å². The van der Waals surface area contributed by atoms with Gasteiger partial charge in [0.2, 0.25) is 0 Å². The van der Waals surface area contributed by atoms with E-state index in [0.717, 1.165) is 24.3 Å². The fraction of sp³-hybridized carbons (Fsp3) is 0.536. The lowest BCUT2D eigenvalue weighted by Crippen LogP contribution is -2.51. The third-order valence-corrected chi connectivity index (χ3v) is 9.37. The van der Waals surface area contributed by atoms with Gasteiger partial charge in [-0.1, -0.05) is 51.1 Å². The van der Waals surface area contributed by atoms with Crippen LogP contribution in [0.5, 0.6) is 0 Å². The summed E-state index contributed by atoms with van der Waals surface area (Å²) in [5, 5.41) is 0. The summed E-state index contributed by atoms with van der Waals surface area (Å²) in [6.07, 6.45) is -9.04. The maximum atomic E-state index is 14.7. The molecule has 7 nitrogen and oxygen atoms in total. The predicted molar refractivity (Wildman–Crippen MR) is 142 cm³/mol. The highest BCUT2D eigenvalue weighted by Crippen LogP contribution is 2.36. The van der Waals surface area contributed by atoms with Crippen molar-refractivity contribution in [3.63, 3.8) is 0 Å². The molecule has 0 aromatic heterocycles. The van der Waals surface area contributed by atoms with Gasteiger partial charge in [-0.25, -0.2) is 17.6 Å². The number of ether oxygens (including phenoxy) is 2. The minimum Gasteiger partial charge on any atom is -0.444 e. The molecular formula is C28H34F4N2O5S. The number of nitrogen functional groups attached to an aromatic ring is 1. The van der Waals surface area contributed by atoms with E-state index in [0.29, 0.717) is 0 Å². The number of nitrogens with two attached hydrogens (primary N) is 1. The van der Waals surface area contributed by atoms with Crippen molar-refractivity contribution in [2.75, 3.05) is 24.3 Å². The first-order valence-corrected chi connectivity index (χ1v) is 14.7. The maximum Gasteiger partial charge on any atom is 0.414 e. The number of benzene rings is 2. The summed E-state index contributed by atoms with van der Waals surface area (Å²) >= 11 is 0. The molecule has 2 aliphatic rings. The van der Waals surface area contributed by atoms with Crippen molar-refractivity contribution >= 4 is 21.6 Å². The van der Waals surface area contributed by atoms with Gasteiger partial charge in [-0.05, 0) is 40.2 Å². The molecule has 40 heavy (non-hydrogen) atoms. The number of carbonyl (C=O) groups excluding carboxylic acids is 1. The summed E-state index contributed by atoms with van der Waals surface area (Å²) in [6, 6.07) is 9.36. The molecule has 12 heteroatoms. The highest BCUT2D eigenvalue weighted by Gasteiger charge is 2.52. The molecule has 1 amide bonds. The van der Waals surface area contributed by atoms with Crippen molar-refractivity contribution in [2.45, 2.75) is 70.0 Å². The first-order chi connectivity index (χ1) is 18.5. The molecule has 2 aliphatic heterocycles. The van der Waals surface area contributed by atoms with Crippen molar-refractivity contribution in [3.05, 3.63) is 64.5 Å². The van der Waals surface area contributed by atoms with Crippen molar-refractivity contribution in [1.29, 1.82) is 0 Å². The zero-order valence-electron chi connectivity index (χ0n) is 22.8. The topological polar surface area (TPSA) is 98.9 Å². The smallest absolute Gasteiger partial charge is 0.414 e. The first-order valence-electron chi connectivity index (χ1n) is 12.9. The van der Waals surface area contributed by atoms with Crippen LogP contribution in [-0.4, -0.2) is 62.5 Å². The van der Waals surface area contributed by atoms with E-state index < -0.39 is 64.2 Å². The largest absolute Gasteiger partial charge is 0.444 e. The summed E-state index contributed by atoms with van der Waals surface area (Å²) < 4.78 is 90.6. The Morgan fingerprint density at radius 2 is 1.82 bits per heavy atom. The van der Waals surface area contributed by atoms with E-state index in [1.807, 2.05) is 24.3 Å². The number of halogens is 4. The van der Waals surface area contributed by atoms with Crippen LogP contribution in [0, 0.1) is 11.7 Å². The van der Waals surface area contributed by atoms with E-state index >= 15 is 0 Å². The van der Waals surface area contributed by atoms with Crippen LogP contribution in [0.15, 0.2) is 36.4 Å². The van der Waals surface area contributed by atoms with Gasteiger partial charge >= 0.3 is 12.3 Å². The molecule has 0 bridgehead atoms.